The van der Waals surface area contributed by atoms with E-state index in [1.165, 1.54) is 6.07 Å². The van der Waals surface area contributed by atoms with Crippen LogP contribution in [-0.2, 0) is 6.18 Å². The van der Waals surface area contributed by atoms with E-state index in [1.807, 2.05) is 6.07 Å². The maximum Gasteiger partial charge on any atom is 0.416 e. The molecule has 0 saturated carbocycles. The lowest BCUT2D eigenvalue weighted by Gasteiger charge is -2.09. The van der Waals surface area contributed by atoms with Crippen LogP contribution in [0.25, 0.3) is 0 Å². The lowest BCUT2D eigenvalue weighted by atomic mass is 10.1. The van der Waals surface area contributed by atoms with Gasteiger partial charge in [-0.2, -0.15) is 23.5 Å². The Kier molecular flexibility index (Phi) is 5.38. The van der Waals surface area contributed by atoms with E-state index in [-0.39, 0.29) is 29.9 Å². The number of nitrogens with one attached hydrogen (secondary N) is 3. The Morgan fingerprint density at radius 1 is 1.28 bits per heavy atom. The first-order chi connectivity index (χ1) is 11.8. The SMILES string of the molecule is N#CCCNC(=O)c1[nH]ncc1NC(=O)c1cccc(C(F)(F)F)c1. The normalized spacial score (nSPS) is 10.8. The minimum absolute atomic E-state index is 0.0110. The molecule has 0 aliphatic heterocycles. The first-order valence-corrected chi connectivity index (χ1v) is 7.00. The van der Waals surface area contributed by atoms with Crippen LogP contribution in [0.4, 0.5) is 18.9 Å². The molecule has 130 valence electrons. The minimum atomic E-state index is -4.57. The molecule has 3 N–H and O–H groups in total. The molecule has 0 atom stereocenters. The molecule has 2 aromatic rings. The van der Waals surface area contributed by atoms with Crippen LogP contribution >= 0.6 is 0 Å². The highest BCUT2D eigenvalue weighted by Crippen LogP contribution is 2.29. The van der Waals surface area contributed by atoms with Crippen LogP contribution in [0.1, 0.15) is 32.8 Å². The van der Waals surface area contributed by atoms with E-state index >= 15 is 0 Å². The van der Waals surface area contributed by atoms with Crippen molar-refractivity contribution in [3.63, 3.8) is 0 Å². The zero-order valence-corrected chi connectivity index (χ0v) is 12.6. The van der Waals surface area contributed by atoms with Crippen molar-refractivity contribution in [2.75, 3.05) is 11.9 Å². The van der Waals surface area contributed by atoms with Crippen LogP contribution in [0.5, 0.6) is 0 Å². The molecule has 0 aliphatic rings. The molecular weight excluding hydrogens is 339 g/mol. The van der Waals surface area contributed by atoms with Crippen LogP contribution in [0, 0.1) is 11.3 Å². The molecule has 2 amide bonds. The molecule has 0 radical (unpaired) electrons. The van der Waals surface area contributed by atoms with E-state index in [0.29, 0.717) is 6.07 Å². The van der Waals surface area contributed by atoms with Gasteiger partial charge in [0.15, 0.2) is 0 Å². The van der Waals surface area contributed by atoms with E-state index < -0.39 is 23.6 Å². The van der Waals surface area contributed by atoms with Crippen LogP contribution in [0.15, 0.2) is 30.5 Å². The minimum Gasteiger partial charge on any atom is -0.350 e. The highest BCUT2D eigenvalue weighted by molar-refractivity contribution is 6.08. The van der Waals surface area contributed by atoms with Gasteiger partial charge in [-0.1, -0.05) is 6.07 Å². The molecule has 1 heterocycles. The quantitative estimate of drug-likeness (QED) is 0.718. The van der Waals surface area contributed by atoms with Crippen LogP contribution in [-0.4, -0.2) is 28.6 Å². The van der Waals surface area contributed by atoms with Crippen molar-refractivity contribution in [2.45, 2.75) is 12.6 Å². The molecule has 0 unspecified atom stereocenters. The van der Waals surface area contributed by atoms with Crippen molar-refractivity contribution < 1.29 is 22.8 Å². The van der Waals surface area contributed by atoms with Crippen LogP contribution in [0.3, 0.4) is 0 Å². The largest absolute Gasteiger partial charge is 0.416 e. The van der Waals surface area contributed by atoms with Gasteiger partial charge in [0.25, 0.3) is 11.8 Å². The second-order valence-corrected chi connectivity index (χ2v) is 4.86. The summed E-state index contributed by atoms with van der Waals surface area (Å²) in [5.41, 5.74) is -1.23. The monoisotopic (exact) mass is 351 g/mol. The molecule has 0 spiro atoms. The smallest absolute Gasteiger partial charge is 0.350 e. The van der Waals surface area contributed by atoms with Gasteiger partial charge in [0.1, 0.15) is 5.69 Å². The Morgan fingerprint density at radius 2 is 2.04 bits per heavy atom. The summed E-state index contributed by atoms with van der Waals surface area (Å²) in [7, 11) is 0. The molecule has 0 bridgehead atoms. The lowest BCUT2D eigenvalue weighted by molar-refractivity contribution is -0.137. The maximum atomic E-state index is 12.7. The lowest BCUT2D eigenvalue weighted by Crippen LogP contribution is -2.26. The molecule has 2 rings (SSSR count). The van der Waals surface area contributed by atoms with E-state index in [2.05, 4.69) is 20.8 Å². The Hall–Kier alpha value is -3.35. The fourth-order valence-electron chi connectivity index (χ4n) is 1.91. The van der Waals surface area contributed by atoms with E-state index in [0.717, 1.165) is 18.3 Å². The van der Waals surface area contributed by atoms with E-state index in [9.17, 15) is 22.8 Å². The number of aromatic amines is 1. The number of aromatic nitrogens is 2. The molecule has 1 aromatic heterocycles. The van der Waals surface area contributed by atoms with Gasteiger partial charge in [-0.3, -0.25) is 14.7 Å². The molecule has 0 saturated heterocycles. The molecule has 0 aliphatic carbocycles. The highest BCUT2D eigenvalue weighted by atomic mass is 19.4. The van der Waals surface area contributed by atoms with Gasteiger partial charge in [-0.15, -0.1) is 0 Å². The molecule has 0 fully saturated rings. The van der Waals surface area contributed by atoms with Crippen LogP contribution < -0.4 is 10.6 Å². The molecule has 25 heavy (non-hydrogen) atoms. The Labute approximate surface area is 139 Å². The number of anilines is 1. The van der Waals surface area contributed by atoms with Crippen molar-refractivity contribution in [3.8, 4) is 6.07 Å². The number of nitriles is 1. The fourth-order valence-corrected chi connectivity index (χ4v) is 1.91. The third kappa shape index (κ3) is 4.57. The number of carbonyl (C=O) groups is 2. The highest BCUT2D eigenvalue weighted by Gasteiger charge is 2.31. The third-order valence-electron chi connectivity index (χ3n) is 3.09. The Morgan fingerprint density at radius 3 is 2.72 bits per heavy atom. The summed E-state index contributed by atoms with van der Waals surface area (Å²) in [5, 5.41) is 19.2. The van der Waals surface area contributed by atoms with Gasteiger partial charge < -0.3 is 10.6 Å². The van der Waals surface area contributed by atoms with Crippen molar-refractivity contribution in [1.82, 2.24) is 15.5 Å². The van der Waals surface area contributed by atoms with Crippen LogP contribution in [0.2, 0.25) is 0 Å². The van der Waals surface area contributed by atoms with Gasteiger partial charge in [-0.05, 0) is 18.2 Å². The number of carbonyl (C=O) groups excluding carboxylic acids is 2. The first kappa shape index (κ1) is 18.0. The summed E-state index contributed by atoms with van der Waals surface area (Å²) in [6.45, 7) is 0.107. The molecular formula is C15H12F3N5O2. The summed E-state index contributed by atoms with van der Waals surface area (Å²) < 4.78 is 38.1. The number of halogens is 3. The third-order valence-corrected chi connectivity index (χ3v) is 3.09. The van der Waals surface area contributed by atoms with E-state index in [1.54, 1.807) is 0 Å². The summed E-state index contributed by atoms with van der Waals surface area (Å²) in [4.78, 5) is 24.0. The summed E-state index contributed by atoms with van der Waals surface area (Å²) in [5.74, 6) is -1.43. The van der Waals surface area contributed by atoms with Crippen molar-refractivity contribution >= 4 is 17.5 Å². The number of amides is 2. The second-order valence-electron chi connectivity index (χ2n) is 4.86. The number of H-pyrrole nitrogens is 1. The number of alkyl halides is 3. The Bertz CT molecular complexity index is 823. The average molecular weight is 351 g/mol. The van der Waals surface area contributed by atoms with Gasteiger partial charge in [-0.25, -0.2) is 0 Å². The average Bonchev–Trinajstić information content (AvgIpc) is 3.02. The molecule has 1 aromatic carbocycles. The standard InChI is InChI=1S/C15H12F3N5O2/c16-15(17,18)10-4-1-3-9(7-10)13(24)22-11-8-21-23-12(11)14(25)20-6-2-5-19/h1,3-4,7-8H,2,6H2,(H,20,25)(H,21,23)(H,22,24). The number of nitrogens with zero attached hydrogens (tertiary/aromatic N) is 2. The first-order valence-electron chi connectivity index (χ1n) is 7.00. The predicted octanol–water partition coefficient (Wildman–Crippen LogP) is 2.32. The predicted molar refractivity (Wildman–Crippen MR) is 80.5 cm³/mol. The van der Waals surface area contributed by atoms with Crippen molar-refractivity contribution in [3.05, 3.63) is 47.3 Å². The van der Waals surface area contributed by atoms with Crippen molar-refractivity contribution in [2.24, 2.45) is 0 Å². The van der Waals surface area contributed by atoms with Gasteiger partial charge in [0.05, 0.1) is 29.9 Å². The number of hydrogen-bond acceptors (Lipinski definition) is 4. The van der Waals surface area contributed by atoms with Gasteiger partial charge in [0, 0.05) is 12.1 Å². The summed E-state index contributed by atoms with van der Waals surface area (Å²) in [6, 6.07) is 5.75. The molecule has 10 heteroatoms. The number of hydrogen-bond donors (Lipinski definition) is 3. The summed E-state index contributed by atoms with van der Waals surface area (Å²) >= 11 is 0. The van der Waals surface area contributed by atoms with Crippen molar-refractivity contribution in [1.29, 1.82) is 5.26 Å². The Balaban J connectivity index is 2.13. The fraction of sp³-hybridized carbons (Fsp3) is 0.200. The maximum absolute atomic E-state index is 12.7. The van der Waals surface area contributed by atoms with Gasteiger partial charge in [0.2, 0.25) is 0 Å². The number of rotatable bonds is 5. The zero-order valence-electron chi connectivity index (χ0n) is 12.6. The molecule has 7 nitrogen and oxygen atoms in total. The topological polar surface area (TPSA) is 111 Å². The number of benzene rings is 1. The van der Waals surface area contributed by atoms with E-state index in [4.69, 9.17) is 5.26 Å². The summed E-state index contributed by atoms with van der Waals surface area (Å²) in [6.07, 6.45) is -3.31. The second kappa shape index (κ2) is 7.48. The van der Waals surface area contributed by atoms with Gasteiger partial charge >= 0.3 is 6.18 Å². The zero-order chi connectivity index (χ0) is 18.4.